The zero-order chi connectivity index (χ0) is 22.1. The van der Waals surface area contributed by atoms with E-state index in [1.54, 1.807) is 0 Å². The van der Waals surface area contributed by atoms with E-state index in [2.05, 4.69) is 20.4 Å². The Balaban J connectivity index is 0.00000480. The summed E-state index contributed by atoms with van der Waals surface area (Å²) >= 11 is 0. The molecule has 1 saturated carbocycles. The van der Waals surface area contributed by atoms with Crippen LogP contribution in [0.25, 0.3) is 0 Å². The van der Waals surface area contributed by atoms with Gasteiger partial charge in [0.2, 0.25) is 0 Å². The first-order valence-corrected chi connectivity index (χ1v) is 11.6. The molecule has 4 unspecified atom stereocenters. The Labute approximate surface area is 200 Å². The zero-order valence-electron chi connectivity index (χ0n) is 17.7. The van der Waals surface area contributed by atoms with E-state index in [0.717, 1.165) is 37.8 Å². The fraction of sp³-hybridized carbons (Fsp3) is 0.650. The van der Waals surface area contributed by atoms with Crippen LogP contribution in [0.4, 0.5) is 13.2 Å². The molecule has 0 amide bonds. The predicted molar refractivity (Wildman–Crippen MR) is 127 cm³/mol. The Morgan fingerprint density at radius 3 is 2.55 bits per heavy atom. The van der Waals surface area contributed by atoms with E-state index < -0.39 is 23.3 Å². The van der Waals surface area contributed by atoms with Crippen molar-refractivity contribution in [3.8, 4) is 5.75 Å². The summed E-state index contributed by atoms with van der Waals surface area (Å²) in [5.41, 5.74) is 0.445. The van der Waals surface area contributed by atoms with Crippen LogP contribution >= 0.6 is 24.0 Å². The van der Waals surface area contributed by atoms with Gasteiger partial charge in [-0.1, -0.05) is 25.5 Å². The van der Waals surface area contributed by atoms with Crippen LogP contribution in [0.1, 0.15) is 51.2 Å². The number of aliphatic hydroxyl groups is 1. The van der Waals surface area contributed by atoms with Gasteiger partial charge in [-0.3, -0.25) is 9.20 Å². The molecule has 0 aliphatic heterocycles. The number of rotatable bonds is 8. The highest BCUT2D eigenvalue weighted by Gasteiger charge is 2.31. The Kier molecular flexibility index (Phi) is 12.1. The van der Waals surface area contributed by atoms with Crippen molar-refractivity contribution in [1.29, 1.82) is 0 Å². The highest BCUT2D eigenvalue weighted by molar-refractivity contribution is 14.0. The summed E-state index contributed by atoms with van der Waals surface area (Å²) in [6, 6.07) is 5.25. The first kappa shape index (κ1) is 28.0. The number of aliphatic imine (C=N–C) groups is 1. The molecule has 0 radical (unpaired) electrons. The lowest BCUT2D eigenvalue weighted by molar-refractivity contribution is -0.274. The predicted octanol–water partition coefficient (Wildman–Crippen LogP) is 3.87. The van der Waals surface area contributed by atoms with Gasteiger partial charge in [-0.25, -0.2) is 0 Å². The number of halogens is 4. The number of aliphatic hydroxyl groups excluding tert-OH is 1. The first-order valence-electron chi connectivity index (χ1n) is 10.2. The Hall–Kier alpha value is -1.08. The second-order valence-corrected chi connectivity index (χ2v) is 9.16. The summed E-state index contributed by atoms with van der Waals surface area (Å²) in [5, 5.41) is 17.0. The molecule has 1 aliphatic carbocycles. The van der Waals surface area contributed by atoms with Crippen LogP contribution < -0.4 is 15.4 Å². The van der Waals surface area contributed by atoms with Crippen molar-refractivity contribution in [2.24, 2.45) is 4.99 Å². The van der Waals surface area contributed by atoms with Crippen molar-refractivity contribution >= 4 is 40.7 Å². The van der Waals surface area contributed by atoms with Crippen LogP contribution in [0.15, 0.2) is 29.3 Å². The summed E-state index contributed by atoms with van der Waals surface area (Å²) in [6.45, 7) is 4.55. The van der Waals surface area contributed by atoms with Gasteiger partial charge in [0.1, 0.15) is 5.75 Å². The molecule has 11 heteroatoms. The van der Waals surface area contributed by atoms with Gasteiger partial charge >= 0.3 is 6.36 Å². The minimum atomic E-state index is -4.75. The maximum absolute atomic E-state index is 12.2. The van der Waals surface area contributed by atoms with E-state index in [0.29, 0.717) is 23.8 Å². The van der Waals surface area contributed by atoms with Gasteiger partial charge in [0, 0.05) is 34.4 Å². The second-order valence-electron chi connectivity index (χ2n) is 7.15. The third-order valence-electron chi connectivity index (χ3n) is 4.89. The molecule has 3 N–H and O–H groups in total. The molecule has 1 aliphatic rings. The lowest BCUT2D eigenvalue weighted by atomic mass is 9.95. The van der Waals surface area contributed by atoms with Gasteiger partial charge in [0.25, 0.3) is 0 Å². The number of nitrogens with zero attached hydrogens (tertiary/aromatic N) is 1. The molecule has 4 atom stereocenters. The number of alkyl halides is 3. The molecule has 1 aromatic carbocycles. The third-order valence-corrected chi connectivity index (χ3v) is 6.63. The van der Waals surface area contributed by atoms with E-state index in [1.807, 2.05) is 13.8 Å². The number of ether oxygens (including phenoxy) is 1. The van der Waals surface area contributed by atoms with Crippen molar-refractivity contribution in [2.75, 3.05) is 18.8 Å². The summed E-state index contributed by atoms with van der Waals surface area (Å²) in [7, 11) is -0.818. The molecule has 0 heterocycles. The van der Waals surface area contributed by atoms with Crippen LogP contribution in [-0.4, -0.2) is 51.8 Å². The minimum absolute atomic E-state index is 0. The molecule has 0 saturated heterocycles. The van der Waals surface area contributed by atoms with Crippen LogP contribution in [0, 0.1) is 0 Å². The summed E-state index contributed by atoms with van der Waals surface area (Å²) in [6.07, 6.45) is -1.97. The molecule has 0 bridgehead atoms. The van der Waals surface area contributed by atoms with Gasteiger partial charge in [-0.2, -0.15) is 0 Å². The number of nitrogens with one attached hydrogen (secondary N) is 2. The summed E-state index contributed by atoms with van der Waals surface area (Å²) in [5.74, 6) is 0.875. The average Bonchev–Trinajstić information content (AvgIpc) is 2.71. The van der Waals surface area contributed by atoms with Crippen molar-refractivity contribution in [3.63, 3.8) is 0 Å². The van der Waals surface area contributed by atoms with Gasteiger partial charge in [-0.15, -0.1) is 37.1 Å². The topological polar surface area (TPSA) is 83.0 Å². The third kappa shape index (κ3) is 9.94. The summed E-state index contributed by atoms with van der Waals surface area (Å²) < 4.78 is 52.7. The van der Waals surface area contributed by atoms with E-state index >= 15 is 0 Å². The molecule has 1 aromatic rings. The highest BCUT2D eigenvalue weighted by atomic mass is 127. The van der Waals surface area contributed by atoms with Crippen LogP contribution in [0.5, 0.6) is 5.75 Å². The molecule has 1 fully saturated rings. The van der Waals surface area contributed by atoms with Gasteiger partial charge in [-0.05, 0) is 43.9 Å². The van der Waals surface area contributed by atoms with Gasteiger partial charge < -0.3 is 20.5 Å². The number of benzene rings is 1. The molecule has 2 rings (SSSR count). The fourth-order valence-corrected chi connectivity index (χ4v) is 4.79. The molecule has 6 nitrogen and oxygen atoms in total. The monoisotopic (exact) mass is 577 g/mol. The standard InChI is InChI=1S/C20H30F3N3O3S.HI/c1-3-24-19(26-15-6-5-7-17(12-15)30(28)4-2)25-13-18(27)14-8-10-16(11-9-14)29-20(21,22)23;/h8-11,15,17-18,27H,3-7,12-13H2,1-2H3,(H2,24,25,26);1H. The van der Waals surface area contributed by atoms with Crippen LogP contribution in [-0.2, 0) is 10.8 Å². The van der Waals surface area contributed by atoms with E-state index in [-0.39, 0.29) is 47.6 Å². The van der Waals surface area contributed by atoms with E-state index in [1.165, 1.54) is 12.1 Å². The normalized spacial score (nSPS) is 21.5. The number of guanidine groups is 1. The molecule has 0 aromatic heterocycles. The molecule has 0 spiro atoms. The van der Waals surface area contributed by atoms with Gasteiger partial charge in [0.15, 0.2) is 5.96 Å². The maximum atomic E-state index is 12.2. The van der Waals surface area contributed by atoms with Crippen LogP contribution in [0.2, 0.25) is 0 Å². The lowest BCUT2D eigenvalue weighted by Crippen LogP contribution is -2.46. The van der Waals surface area contributed by atoms with Gasteiger partial charge in [0.05, 0.1) is 12.6 Å². The van der Waals surface area contributed by atoms with Crippen molar-refractivity contribution < 1.29 is 27.2 Å². The SMILES string of the molecule is CCNC(=NCC(O)c1ccc(OC(F)(F)F)cc1)NC1CCCC(S(=O)CC)C1.I. The number of hydrogen-bond donors (Lipinski definition) is 3. The first-order chi connectivity index (χ1) is 14.2. The molecule has 178 valence electrons. The van der Waals surface area contributed by atoms with Crippen LogP contribution in [0.3, 0.4) is 0 Å². The molecule has 31 heavy (non-hydrogen) atoms. The second kappa shape index (κ2) is 13.5. The Morgan fingerprint density at radius 1 is 1.29 bits per heavy atom. The minimum Gasteiger partial charge on any atom is -0.406 e. The highest BCUT2D eigenvalue weighted by Crippen LogP contribution is 2.25. The quantitative estimate of drug-likeness (QED) is 0.248. The largest absolute Gasteiger partial charge is 0.573 e. The smallest absolute Gasteiger partial charge is 0.406 e. The fourth-order valence-electron chi connectivity index (χ4n) is 3.44. The Morgan fingerprint density at radius 2 is 1.97 bits per heavy atom. The molecular formula is C20H31F3IN3O3S. The summed E-state index contributed by atoms with van der Waals surface area (Å²) in [4.78, 5) is 4.41. The van der Waals surface area contributed by atoms with Crippen molar-refractivity contribution in [1.82, 2.24) is 10.6 Å². The maximum Gasteiger partial charge on any atom is 0.573 e. The lowest BCUT2D eigenvalue weighted by Gasteiger charge is -2.30. The van der Waals surface area contributed by atoms with Crippen molar-refractivity contribution in [3.05, 3.63) is 29.8 Å². The number of hydrogen-bond acceptors (Lipinski definition) is 4. The van der Waals surface area contributed by atoms with Crippen molar-refractivity contribution in [2.45, 2.75) is 63.3 Å². The zero-order valence-corrected chi connectivity index (χ0v) is 20.8. The molecular weight excluding hydrogens is 546 g/mol. The van der Waals surface area contributed by atoms with E-state index in [9.17, 15) is 22.5 Å². The average molecular weight is 577 g/mol. The Bertz CT molecular complexity index is 720. The van der Waals surface area contributed by atoms with E-state index in [4.69, 9.17) is 0 Å².